The molecule has 0 saturated carbocycles. The van der Waals surface area contributed by atoms with E-state index >= 15 is 0 Å². The maximum atomic E-state index is 11.8. The van der Waals surface area contributed by atoms with Gasteiger partial charge in [0.25, 0.3) is 0 Å². The van der Waals surface area contributed by atoms with Crippen LogP contribution in [0.5, 0.6) is 0 Å². The van der Waals surface area contributed by atoms with E-state index in [0.29, 0.717) is 18.9 Å². The molecule has 1 aromatic rings. The van der Waals surface area contributed by atoms with Crippen LogP contribution in [0, 0.1) is 0 Å². The predicted octanol–water partition coefficient (Wildman–Crippen LogP) is 3.28. The number of rotatable bonds is 6. The van der Waals surface area contributed by atoms with Crippen molar-refractivity contribution in [2.45, 2.75) is 65.7 Å². The van der Waals surface area contributed by atoms with E-state index < -0.39 is 11.8 Å². The normalized spacial score (nSPS) is 12.1. The number of carbonyl (C=O) groups excluding carboxylic acids is 2. The van der Waals surface area contributed by atoms with Crippen LogP contribution in [0.3, 0.4) is 0 Å². The van der Waals surface area contributed by atoms with Gasteiger partial charge in [-0.1, -0.05) is 47.6 Å². The third kappa shape index (κ3) is 5.30. The second-order valence-corrected chi connectivity index (χ2v) is 8.00. The quantitative estimate of drug-likeness (QED) is 0.774. The first-order valence-electron chi connectivity index (χ1n) is 8.80. The molecule has 1 aromatic carbocycles. The molecule has 5 nitrogen and oxygen atoms in total. The molecule has 0 aliphatic carbocycles. The molecular weight excluding hydrogens is 316 g/mol. The predicted molar refractivity (Wildman–Crippen MR) is 102 cm³/mol. The summed E-state index contributed by atoms with van der Waals surface area (Å²) in [6.45, 7) is 16.0. The van der Waals surface area contributed by atoms with Crippen LogP contribution in [-0.4, -0.2) is 25.0 Å². The zero-order valence-corrected chi connectivity index (χ0v) is 16.6. The number of amides is 2. The summed E-state index contributed by atoms with van der Waals surface area (Å²) in [5, 5.41) is 2.65. The average molecular weight is 348 g/mol. The lowest BCUT2D eigenvalue weighted by atomic mass is 9.73. The number of benzene rings is 1. The van der Waals surface area contributed by atoms with Gasteiger partial charge in [0.1, 0.15) is 0 Å². The summed E-state index contributed by atoms with van der Waals surface area (Å²) in [4.78, 5) is 22.9. The number of aryl methyl sites for hydroxylation is 1. The first kappa shape index (κ1) is 21.2. The molecular formula is C20H32N2O3. The Morgan fingerprint density at radius 2 is 1.68 bits per heavy atom. The lowest BCUT2D eigenvalue weighted by Gasteiger charge is -2.34. The van der Waals surface area contributed by atoms with E-state index in [1.165, 1.54) is 5.56 Å². The van der Waals surface area contributed by atoms with Crippen molar-refractivity contribution < 1.29 is 14.3 Å². The third-order valence-electron chi connectivity index (χ3n) is 4.30. The van der Waals surface area contributed by atoms with Crippen LogP contribution < -0.4 is 11.1 Å². The topological polar surface area (TPSA) is 81.4 Å². The Labute approximate surface area is 151 Å². The lowest BCUT2D eigenvalue weighted by Crippen LogP contribution is -2.32. The molecule has 0 spiro atoms. The Balaban J connectivity index is 3.52. The number of nitrogens with two attached hydrogens (primary N) is 1. The van der Waals surface area contributed by atoms with Gasteiger partial charge in [0, 0.05) is 17.7 Å². The van der Waals surface area contributed by atoms with Crippen LogP contribution in [0.2, 0.25) is 0 Å². The second-order valence-electron chi connectivity index (χ2n) is 8.00. The van der Waals surface area contributed by atoms with E-state index in [9.17, 15) is 9.59 Å². The fourth-order valence-corrected chi connectivity index (χ4v) is 2.85. The highest BCUT2D eigenvalue weighted by Crippen LogP contribution is 2.38. The van der Waals surface area contributed by atoms with Crippen LogP contribution >= 0.6 is 0 Å². The standard InChI is InChI=1S/C20H32N2O3/c1-8-13-10-15(20(6,7)12-25-9-2)14(19(3,4)5)11-16(13)22-18(24)17(21)23/h10-11H,8-9,12H2,1-7H3,(H2,21,23)(H,22,24). The molecule has 1 rings (SSSR count). The van der Waals surface area contributed by atoms with Crippen molar-refractivity contribution in [1.29, 1.82) is 0 Å². The molecule has 0 atom stereocenters. The number of ether oxygens (including phenoxy) is 1. The highest BCUT2D eigenvalue weighted by atomic mass is 16.5. The van der Waals surface area contributed by atoms with Gasteiger partial charge >= 0.3 is 11.8 Å². The monoisotopic (exact) mass is 348 g/mol. The molecule has 0 aliphatic heterocycles. The fraction of sp³-hybridized carbons (Fsp3) is 0.600. The number of hydrogen-bond acceptors (Lipinski definition) is 3. The molecule has 0 radical (unpaired) electrons. The van der Waals surface area contributed by atoms with Crippen molar-refractivity contribution in [2.24, 2.45) is 5.73 Å². The van der Waals surface area contributed by atoms with E-state index in [1.807, 2.05) is 19.9 Å². The van der Waals surface area contributed by atoms with Crippen LogP contribution in [-0.2, 0) is 31.6 Å². The zero-order chi connectivity index (χ0) is 19.4. The Kier molecular flexibility index (Phi) is 6.77. The van der Waals surface area contributed by atoms with Gasteiger partial charge in [-0.25, -0.2) is 0 Å². The fourth-order valence-electron chi connectivity index (χ4n) is 2.85. The highest BCUT2D eigenvalue weighted by Gasteiger charge is 2.30. The van der Waals surface area contributed by atoms with E-state index in [0.717, 1.165) is 17.5 Å². The summed E-state index contributed by atoms with van der Waals surface area (Å²) in [6.07, 6.45) is 0.733. The smallest absolute Gasteiger partial charge is 0.313 e. The molecule has 0 heterocycles. The Morgan fingerprint density at radius 3 is 2.12 bits per heavy atom. The minimum Gasteiger partial charge on any atom is -0.381 e. The van der Waals surface area contributed by atoms with Gasteiger partial charge in [0.15, 0.2) is 0 Å². The minimum absolute atomic E-state index is 0.128. The van der Waals surface area contributed by atoms with Gasteiger partial charge in [0.05, 0.1) is 6.61 Å². The molecule has 0 unspecified atom stereocenters. The largest absolute Gasteiger partial charge is 0.381 e. The summed E-state index contributed by atoms with van der Waals surface area (Å²) in [7, 11) is 0. The first-order chi connectivity index (χ1) is 11.4. The van der Waals surface area contributed by atoms with Crippen molar-refractivity contribution in [1.82, 2.24) is 0 Å². The molecule has 5 heteroatoms. The minimum atomic E-state index is -0.986. The van der Waals surface area contributed by atoms with Crippen LogP contribution in [0.15, 0.2) is 12.1 Å². The second kappa shape index (κ2) is 8.00. The molecule has 140 valence electrons. The molecule has 0 aliphatic rings. The number of hydrogen-bond donors (Lipinski definition) is 2. The van der Waals surface area contributed by atoms with Gasteiger partial charge in [-0.2, -0.15) is 0 Å². The maximum Gasteiger partial charge on any atom is 0.313 e. The van der Waals surface area contributed by atoms with Crippen molar-refractivity contribution in [2.75, 3.05) is 18.5 Å². The van der Waals surface area contributed by atoms with E-state index in [4.69, 9.17) is 10.5 Å². The third-order valence-corrected chi connectivity index (χ3v) is 4.30. The Bertz CT molecular complexity index is 643. The molecule has 0 bridgehead atoms. The van der Waals surface area contributed by atoms with E-state index in [1.54, 1.807) is 0 Å². The summed E-state index contributed by atoms with van der Waals surface area (Å²) in [6, 6.07) is 4.10. The molecule has 0 aromatic heterocycles. The SMILES string of the molecule is CCOCC(C)(C)c1cc(CC)c(NC(=O)C(N)=O)cc1C(C)(C)C. The molecule has 2 amide bonds. The van der Waals surface area contributed by atoms with Crippen LogP contribution in [0.4, 0.5) is 5.69 Å². The number of carbonyl (C=O) groups is 2. The summed E-state index contributed by atoms with van der Waals surface area (Å²) in [5.41, 5.74) is 8.72. The summed E-state index contributed by atoms with van der Waals surface area (Å²) < 4.78 is 5.69. The Hall–Kier alpha value is -1.88. The highest BCUT2D eigenvalue weighted by molar-refractivity contribution is 6.39. The first-order valence-corrected chi connectivity index (χ1v) is 8.80. The van der Waals surface area contributed by atoms with E-state index in [2.05, 4.69) is 46.0 Å². The van der Waals surface area contributed by atoms with Gasteiger partial charge in [0.2, 0.25) is 0 Å². The van der Waals surface area contributed by atoms with Gasteiger partial charge in [-0.15, -0.1) is 0 Å². The molecule has 25 heavy (non-hydrogen) atoms. The lowest BCUT2D eigenvalue weighted by molar-refractivity contribution is -0.134. The zero-order valence-electron chi connectivity index (χ0n) is 16.6. The number of primary amides is 1. The Morgan fingerprint density at radius 1 is 1.08 bits per heavy atom. The van der Waals surface area contributed by atoms with Crippen molar-refractivity contribution in [3.8, 4) is 0 Å². The van der Waals surface area contributed by atoms with Crippen molar-refractivity contribution >= 4 is 17.5 Å². The molecule has 0 fully saturated rings. The number of nitrogens with one attached hydrogen (secondary N) is 1. The van der Waals surface area contributed by atoms with Crippen LogP contribution in [0.1, 0.15) is 65.2 Å². The molecule has 0 saturated heterocycles. The number of anilines is 1. The van der Waals surface area contributed by atoms with E-state index in [-0.39, 0.29) is 10.8 Å². The van der Waals surface area contributed by atoms with Crippen molar-refractivity contribution in [3.63, 3.8) is 0 Å². The van der Waals surface area contributed by atoms with Crippen LogP contribution in [0.25, 0.3) is 0 Å². The molecule has 3 N–H and O–H groups in total. The van der Waals surface area contributed by atoms with Gasteiger partial charge in [-0.05, 0) is 41.5 Å². The van der Waals surface area contributed by atoms with Gasteiger partial charge < -0.3 is 15.8 Å². The maximum absolute atomic E-state index is 11.8. The summed E-state index contributed by atoms with van der Waals surface area (Å²) in [5.74, 6) is -1.78. The van der Waals surface area contributed by atoms with Gasteiger partial charge in [-0.3, -0.25) is 9.59 Å². The summed E-state index contributed by atoms with van der Waals surface area (Å²) >= 11 is 0. The van der Waals surface area contributed by atoms with Crippen molar-refractivity contribution in [3.05, 3.63) is 28.8 Å². The average Bonchev–Trinajstić information content (AvgIpc) is 2.51.